The summed E-state index contributed by atoms with van der Waals surface area (Å²) < 4.78 is 7.62. The van der Waals surface area contributed by atoms with Crippen LogP contribution in [0.4, 0.5) is 0 Å². The van der Waals surface area contributed by atoms with E-state index in [9.17, 15) is 0 Å². The van der Waals surface area contributed by atoms with Gasteiger partial charge in [-0.2, -0.15) is 0 Å². The minimum absolute atomic E-state index is 0. The van der Waals surface area contributed by atoms with E-state index in [4.69, 9.17) is 4.43 Å². The van der Waals surface area contributed by atoms with E-state index in [0.29, 0.717) is 0 Å². The van der Waals surface area contributed by atoms with Crippen molar-refractivity contribution in [1.29, 1.82) is 0 Å². The zero-order valence-corrected chi connectivity index (χ0v) is 17.3. The van der Waals surface area contributed by atoms with Gasteiger partial charge in [-0.3, -0.25) is 0 Å². The van der Waals surface area contributed by atoms with Gasteiger partial charge in [-0.15, -0.1) is 0 Å². The van der Waals surface area contributed by atoms with E-state index >= 15 is 0 Å². The van der Waals surface area contributed by atoms with Crippen molar-refractivity contribution >= 4 is 8.32 Å². The largest absolute Gasteiger partial charge is 1.00 e. The van der Waals surface area contributed by atoms with E-state index in [1.165, 1.54) is 11.1 Å². The second-order valence-electron chi connectivity index (χ2n) is 5.81. The molecule has 2 rings (SSSR count). The molecule has 5 heteroatoms. The van der Waals surface area contributed by atoms with Gasteiger partial charge in [-0.1, -0.05) is 0 Å². The van der Waals surface area contributed by atoms with Gasteiger partial charge < -0.3 is 24.8 Å². The van der Waals surface area contributed by atoms with Crippen LogP contribution in [-0.4, -0.2) is 14.9 Å². The van der Waals surface area contributed by atoms with Gasteiger partial charge in [-0.05, 0) is 0 Å². The smallest absolute Gasteiger partial charge is 1.00 e. The first-order chi connectivity index (χ1) is 8.47. The molecule has 1 nitrogen and oxygen atoms in total. The average molecular weight is 408 g/mol. The SMILES string of the molecule is C[Si](C)(C)OCCC1=[C]([Zr+2])CC=C1C1=CC=CC1.[Cl-].[Cl-]. The van der Waals surface area contributed by atoms with Gasteiger partial charge in [0.2, 0.25) is 0 Å². The molecule has 0 fully saturated rings. The maximum atomic E-state index is 6.00. The molecule has 0 atom stereocenters. The summed E-state index contributed by atoms with van der Waals surface area (Å²) in [5, 5.41) is 0. The Hall–Kier alpha value is 0.600. The Morgan fingerprint density at radius 3 is 2.45 bits per heavy atom. The number of hydrogen-bond acceptors (Lipinski definition) is 1. The van der Waals surface area contributed by atoms with Crippen molar-refractivity contribution in [1.82, 2.24) is 0 Å². The Labute approximate surface area is 151 Å². The van der Waals surface area contributed by atoms with Crippen LogP contribution in [0.2, 0.25) is 19.6 Å². The van der Waals surface area contributed by atoms with Crippen molar-refractivity contribution < 1.29 is 54.0 Å². The molecule has 2 aliphatic carbocycles. The molecule has 0 aromatic carbocycles. The van der Waals surface area contributed by atoms with E-state index in [1.54, 1.807) is 33.6 Å². The second-order valence-corrected chi connectivity index (χ2v) is 11.8. The van der Waals surface area contributed by atoms with Crippen LogP contribution in [0.5, 0.6) is 0 Å². The van der Waals surface area contributed by atoms with E-state index in [0.717, 1.165) is 25.9 Å². The summed E-state index contributed by atoms with van der Waals surface area (Å²) >= 11 is 1.56. The molecule has 0 saturated heterocycles. The molecule has 20 heavy (non-hydrogen) atoms. The Morgan fingerprint density at radius 1 is 1.20 bits per heavy atom. The monoisotopic (exact) mass is 405 g/mol. The third-order valence-electron chi connectivity index (χ3n) is 3.20. The minimum atomic E-state index is -1.37. The molecule has 0 bridgehead atoms. The summed E-state index contributed by atoms with van der Waals surface area (Å²) in [6, 6.07) is 0. The molecular formula is C15H21Cl2OSiZr. The molecule has 0 unspecified atom stereocenters. The summed E-state index contributed by atoms with van der Waals surface area (Å²) in [6.45, 7) is 7.67. The van der Waals surface area contributed by atoms with Crippen LogP contribution in [0, 0.1) is 0 Å². The molecule has 109 valence electrons. The first kappa shape index (κ1) is 20.6. The van der Waals surface area contributed by atoms with Crippen LogP contribution in [0.25, 0.3) is 0 Å². The minimum Gasteiger partial charge on any atom is -1.00 e. The number of halogens is 2. The molecule has 0 spiro atoms. The predicted octanol–water partition coefficient (Wildman–Crippen LogP) is -1.75. The summed E-state index contributed by atoms with van der Waals surface area (Å²) in [7, 11) is -1.37. The summed E-state index contributed by atoms with van der Waals surface area (Å²) in [4.78, 5) is 0. The van der Waals surface area contributed by atoms with Gasteiger partial charge in [0.05, 0.1) is 0 Å². The van der Waals surface area contributed by atoms with Crippen molar-refractivity contribution in [2.45, 2.75) is 38.9 Å². The molecule has 0 saturated carbocycles. The van der Waals surface area contributed by atoms with Gasteiger partial charge in [0.15, 0.2) is 0 Å². The third-order valence-corrected chi connectivity index (χ3v) is 5.52. The number of allylic oxidation sites excluding steroid dienone is 7. The van der Waals surface area contributed by atoms with Crippen molar-refractivity contribution in [3.63, 3.8) is 0 Å². The number of hydrogen-bond donors (Lipinski definition) is 0. The van der Waals surface area contributed by atoms with E-state index < -0.39 is 8.32 Å². The van der Waals surface area contributed by atoms with Crippen molar-refractivity contribution in [2.75, 3.05) is 6.61 Å². The molecule has 0 aromatic heterocycles. The van der Waals surface area contributed by atoms with Gasteiger partial charge in [0.1, 0.15) is 0 Å². The second kappa shape index (κ2) is 8.90. The van der Waals surface area contributed by atoms with Crippen molar-refractivity contribution in [3.05, 3.63) is 44.3 Å². The molecule has 0 heterocycles. The quantitative estimate of drug-likeness (QED) is 0.492. The zero-order chi connectivity index (χ0) is 13.2. The maximum absolute atomic E-state index is 6.00. The van der Waals surface area contributed by atoms with Crippen LogP contribution >= 0.6 is 0 Å². The van der Waals surface area contributed by atoms with Crippen LogP contribution < -0.4 is 24.8 Å². The summed E-state index contributed by atoms with van der Waals surface area (Å²) in [5.74, 6) is 0. The Morgan fingerprint density at radius 2 is 1.90 bits per heavy atom. The van der Waals surface area contributed by atoms with Crippen LogP contribution in [0.15, 0.2) is 44.3 Å². The molecule has 0 aliphatic heterocycles. The zero-order valence-electron chi connectivity index (χ0n) is 12.3. The first-order valence-corrected chi connectivity index (χ1v) is 11.3. The maximum Gasteiger partial charge on any atom is -1.00 e. The van der Waals surface area contributed by atoms with E-state index in [-0.39, 0.29) is 24.8 Å². The van der Waals surface area contributed by atoms with Crippen molar-refractivity contribution in [3.8, 4) is 0 Å². The van der Waals surface area contributed by atoms with Crippen LogP contribution in [0.3, 0.4) is 0 Å². The number of rotatable bonds is 5. The van der Waals surface area contributed by atoms with Crippen LogP contribution in [-0.2, 0) is 29.1 Å². The first-order valence-electron chi connectivity index (χ1n) is 6.61. The Bertz CT molecular complexity index is 459. The van der Waals surface area contributed by atoms with Gasteiger partial charge in [0, 0.05) is 0 Å². The Kier molecular flexibility index (Phi) is 9.17. The summed E-state index contributed by atoms with van der Waals surface area (Å²) in [6.07, 6.45) is 12.4. The molecule has 2 aliphatic rings. The Balaban J connectivity index is 0.00000180. The average Bonchev–Trinajstić information content (AvgIpc) is 2.87. The molecule has 0 N–H and O–H groups in total. The fraction of sp³-hybridized carbons (Fsp3) is 0.467. The fourth-order valence-corrected chi connectivity index (χ4v) is 3.93. The summed E-state index contributed by atoms with van der Waals surface area (Å²) in [5.41, 5.74) is 4.57. The van der Waals surface area contributed by atoms with Gasteiger partial charge >= 0.3 is 127 Å². The standard InChI is InChI=1S/C15H21OSi.2ClH.Zr/c1-17(2,3)16-12-11-14-9-6-10-15(14)13-7-4-5-8-13;;;/h4-5,7,10H,6,8,11-12H2,1-3H3;2*1H;/q;;;+2/p-2. The topological polar surface area (TPSA) is 9.23 Å². The van der Waals surface area contributed by atoms with Crippen LogP contribution in [0.1, 0.15) is 19.3 Å². The fourth-order valence-electron chi connectivity index (χ4n) is 2.33. The van der Waals surface area contributed by atoms with Gasteiger partial charge in [-0.25, -0.2) is 0 Å². The molecule has 0 aromatic rings. The van der Waals surface area contributed by atoms with E-state index in [2.05, 4.69) is 43.9 Å². The molecule has 0 amide bonds. The predicted molar refractivity (Wildman–Crippen MR) is 75.5 cm³/mol. The van der Waals surface area contributed by atoms with Crippen molar-refractivity contribution in [2.24, 2.45) is 0 Å². The molecular weight excluding hydrogens is 386 g/mol. The third kappa shape index (κ3) is 5.77. The normalized spacial score (nSPS) is 17.6. The van der Waals surface area contributed by atoms with E-state index in [1.807, 2.05) is 0 Å². The van der Waals surface area contributed by atoms with Gasteiger partial charge in [0.25, 0.3) is 0 Å². The molecule has 0 radical (unpaired) electrons.